The minimum absolute atomic E-state index is 0.0767. The van der Waals surface area contributed by atoms with Crippen molar-refractivity contribution >= 4 is 11.6 Å². The molecule has 0 fully saturated rings. The summed E-state index contributed by atoms with van der Waals surface area (Å²) in [6.45, 7) is -1.44. The Morgan fingerprint density at radius 1 is 1.28 bits per heavy atom. The van der Waals surface area contributed by atoms with Crippen LogP contribution < -0.4 is 15.3 Å². The SMILES string of the molecule is N#Cc1cc(OCC(F)(F)F)cc(C2=CN(c3ccccn3)NO2)c1. The van der Waals surface area contributed by atoms with Crippen LogP contribution in [0, 0.1) is 11.3 Å². The van der Waals surface area contributed by atoms with Crippen LogP contribution in [-0.4, -0.2) is 17.8 Å². The number of halogens is 3. The van der Waals surface area contributed by atoms with E-state index in [1.165, 1.54) is 23.2 Å². The number of nitrogens with one attached hydrogen (secondary N) is 1. The number of alkyl halides is 3. The predicted octanol–water partition coefficient (Wildman–Crippen LogP) is 3.15. The molecule has 2 aromatic rings. The topological polar surface area (TPSA) is 70.4 Å². The lowest BCUT2D eigenvalue weighted by Gasteiger charge is -2.11. The van der Waals surface area contributed by atoms with Gasteiger partial charge in [-0.2, -0.15) is 18.4 Å². The normalized spacial score (nSPS) is 13.8. The maximum absolute atomic E-state index is 12.3. The van der Waals surface area contributed by atoms with Gasteiger partial charge in [-0.25, -0.2) is 9.99 Å². The Morgan fingerprint density at radius 3 is 2.80 bits per heavy atom. The van der Waals surface area contributed by atoms with Crippen molar-refractivity contribution < 1.29 is 22.7 Å². The fourth-order valence-corrected chi connectivity index (χ4v) is 2.07. The standard InChI is InChI=1S/C16H11F3N4O2/c17-16(18,19)10-24-13-6-11(8-20)5-12(7-13)14-9-23(22-25-14)15-3-1-2-4-21-15/h1-7,9,22H,10H2. The van der Waals surface area contributed by atoms with Gasteiger partial charge in [0.15, 0.2) is 12.4 Å². The average molecular weight is 348 g/mol. The van der Waals surface area contributed by atoms with Crippen molar-refractivity contribution in [3.63, 3.8) is 0 Å². The molecule has 1 aliphatic rings. The molecule has 1 aromatic heterocycles. The number of anilines is 1. The van der Waals surface area contributed by atoms with Crippen LogP contribution in [-0.2, 0) is 4.84 Å². The Bertz CT molecular complexity index is 832. The van der Waals surface area contributed by atoms with Crippen LogP contribution in [0.15, 0.2) is 48.8 Å². The van der Waals surface area contributed by atoms with Crippen molar-refractivity contribution in [1.29, 1.82) is 5.26 Å². The molecule has 3 rings (SSSR count). The second kappa shape index (κ2) is 6.70. The summed E-state index contributed by atoms with van der Waals surface area (Å²) in [5.41, 5.74) is 3.15. The van der Waals surface area contributed by atoms with E-state index in [-0.39, 0.29) is 11.3 Å². The van der Waals surface area contributed by atoms with Gasteiger partial charge < -0.3 is 9.57 Å². The largest absolute Gasteiger partial charge is 0.484 e. The van der Waals surface area contributed by atoms with Gasteiger partial charge in [0.25, 0.3) is 0 Å². The molecule has 2 heterocycles. The number of hydrazine groups is 1. The smallest absolute Gasteiger partial charge is 0.422 e. The van der Waals surface area contributed by atoms with Crippen molar-refractivity contribution in [2.75, 3.05) is 11.6 Å². The van der Waals surface area contributed by atoms with Gasteiger partial charge >= 0.3 is 6.18 Å². The third kappa shape index (κ3) is 4.19. The van der Waals surface area contributed by atoms with Gasteiger partial charge in [0.1, 0.15) is 11.6 Å². The van der Waals surface area contributed by atoms with Gasteiger partial charge in [-0.1, -0.05) is 11.7 Å². The molecule has 25 heavy (non-hydrogen) atoms. The molecule has 1 N–H and O–H groups in total. The Kier molecular flexibility index (Phi) is 4.45. The van der Waals surface area contributed by atoms with Gasteiger partial charge in [-0.05, 0) is 30.3 Å². The number of pyridine rings is 1. The monoisotopic (exact) mass is 348 g/mol. The average Bonchev–Trinajstić information content (AvgIpc) is 3.10. The van der Waals surface area contributed by atoms with Crippen LogP contribution in [0.2, 0.25) is 0 Å². The van der Waals surface area contributed by atoms with Crippen LogP contribution in [0.1, 0.15) is 11.1 Å². The van der Waals surface area contributed by atoms with Crippen molar-refractivity contribution in [2.45, 2.75) is 6.18 Å². The lowest BCUT2D eigenvalue weighted by Crippen LogP contribution is -2.27. The molecule has 0 saturated carbocycles. The summed E-state index contributed by atoms with van der Waals surface area (Å²) >= 11 is 0. The Morgan fingerprint density at radius 2 is 2.12 bits per heavy atom. The molecule has 0 unspecified atom stereocenters. The van der Waals surface area contributed by atoms with E-state index in [9.17, 15) is 13.2 Å². The first-order chi connectivity index (χ1) is 11.9. The third-order valence-corrected chi connectivity index (χ3v) is 3.12. The van der Waals surface area contributed by atoms with E-state index in [0.29, 0.717) is 17.1 Å². The molecule has 0 aliphatic carbocycles. The van der Waals surface area contributed by atoms with E-state index < -0.39 is 12.8 Å². The lowest BCUT2D eigenvalue weighted by molar-refractivity contribution is -0.153. The van der Waals surface area contributed by atoms with Crippen LogP contribution in [0.4, 0.5) is 19.0 Å². The molecular weight excluding hydrogens is 337 g/mol. The number of ether oxygens (including phenoxy) is 1. The quantitative estimate of drug-likeness (QED) is 0.915. The number of benzene rings is 1. The molecule has 9 heteroatoms. The Hall–Kier alpha value is -3.25. The van der Waals surface area contributed by atoms with E-state index >= 15 is 0 Å². The van der Waals surface area contributed by atoms with Crippen LogP contribution in [0.25, 0.3) is 5.76 Å². The fraction of sp³-hybridized carbons (Fsp3) is 0.125. The number of nitrogens with zero attached hydrogens (tertiary/aromatic N) is 3. The van der Waals surface area contributed by atoms with E-state index in [1.807, 2.05) is 6.07 Å². The van der Waals surface area contributed by atoms with E-state index in [1.54, 1.807) is 30.6 Å². The second-order valence-electron chi connectivity index (χ2n) is 5.01. The molecule has 0 spiro atoms. The van der Waals surface area contributed by atoms with Crippen LogP contribution in [0.3, 0.4) is 0 Å². The number of hydrogen-bond donors (Lipinski definition) is 1. The zero-order valence-electron chi connectivity index (χ0n) is 12.6. The molecule has 0 atom stereocenters. The predicted molar refractivity (Wildman–Crippen MR) is 81.6 cm³/mol. The third-order valence-electron chi connectivity index (χ3n) is 3.12. The summed E-state index contributed by atoms with van der Waals surface area (Å²) in [4.78, 5) is 9.45. The van der Waals surface area contributed by atoms with Crippen molar-refractivity contribution in [3.05, 3.63) is 59.9 Å². The molecular formula is C16H11F3N4O2. The lowest BCUT2D eigenvalue weighted by atomic mass is 10.1. The minimum atomic E-state index is -4.47. The zero-order valence-corrected chi connectivity index (χ0v) is 12.6. The highest BCUT2D eigenvalue weighted by Gasteiger charge is 2.28. The molecule has 0 radical (unpaired) electrons. The molecule has 0 amide bonds. The molecule has 0 saturated heterocycles. The minimum Gasteiger partial charge on any atom is -0.484 e. The molecule has 0 bridgehead atoms. The summed E-state index contributed by atoms with van der Waals surface area (Å²) in [6.07, 6.45) is -1.31. The van der Waals surface area contributed by atoms with Gasteiger partial charge in [-0.15, -0.1) is 0 Å². The maximum Gasteiger partial charge on any atom is 0.422 e. The first kappa shape index (κ1) is 16.6. The second-order valence-corrected chi connectivity index (χ2v) is 5.01. The maximum atomic E-state index is 12.3. The van der Waals surface area contributed by atoms with Gasteiger partial charge in [0.05, 0.1) is 17.8 Å². The number of hydrogen-bond acceptors (Lipinski definition) is 6. The molecule has 1 aliphatic heterocycles. The van der Waals surface area contributed by atoms with Crippen molar-refractivity contribution in [2.24, 2.45) is 0 Å². The van der Waals surface area contributed by atoms with Crippen molar-refractivity contribution in [3.8, 4) is 11.8 Å². The summed E-state index contributed by atoms with van der Waals surface area (Å²) in [6, 6.07) is 11.2. The summed E-state index contributed by atoms with van der Waals surface area (Å²) in [7, 11) is 0. The van der Waals surface area contributed by atoms with Gasteiger partial charge in [0, 0.05) is 11.8 Å². The Labute approximate surface area is 140 Å². The molecule has 6 nitrogen and oxygen atoms in total. The summed E-state index contributed by atoms with van der Waals surface area (Å²) < 4.78 is 41.7. The van der Waals surface area contributed by atoms with E-state index in [2.05, 4.69) is 10.6 Å². The van der Waals surface area contributed by atoms with Crippen LogP contribution >= 0.6 is 0 Å². The summed E-state index contributed by atoms with van der Waals surface area (Å²) in [5.74, 6) is 0.786. The molecule has 1 aromatic carbocycles. The van der Waals surface area contributed by atoms with Crippen molar-refractivity contribution in [1.82, 2.24) is 10.6 Å². The highest BCUT2D eigenvalue weighted by atomic mass is 19.4. The first-order valence-corrected chi connectivity index (χ1v) is 7.04. The highest BCUT2D eigenvalue weighted by Crippen LogP contribution is 2.28. The van der Waals surface area contributed by atoms with E-state index in [4.69, 9.17) is 14.8 Å². The van der Waals surface area contributed by atoms with Gasteiger partial charge in [-0.3, -0.25) is 0 Å². The fourth-order valence-electron chi connectivity index (χ4n) is 2.07. The number of rotatable bonds is 4. The Balaban J connectivity index is 1.85. The number of nitriles is 1. The zero-order chi connectivity index (χ0) is 17.9. The summed E-state index contributed by atoms with van der Waals surface area (Å²) in [5, 5.41) is 10.6. The first-order valence-electron chi connectivity index (χ1n) is 7.04. The number of aromatic nitrogens is 1. The van der Waals surface area contributed by atoms with Crippen LogP contribution in [0.5, 0.6) is 5.75 Å². The molecule has 128 valence electrons. The van der Waals surface area contributed by atoms with E-state index in [0.717, 1.165) is 0 Å². The highest BCUT2D eigenvalue weighted by molar-refractivity contribution is 5.67. The van der Waals surface area contributed by atoms with Gasteiger partial charge in [0.2, 0.25) is 0 Å².